The minimum atomic E-state index is -0.784. The first-order valence-corrected chi connectivity index (χ1v) is 6.09. The zero-order valence-corrected chi connectivity index (χ0v) is 11.0. The molecule has 1 fully saturated rings. The van der Waals surface area contributed by atoms with E-state index < -0.39 is 24.0 Å². The van der Waals surface area contributed by atoms with E-state index >= 15 is 0 Å². The number of amides is 1. The third kappa shape index (κ3) is 2.85. The zero-order valence-electron chi connectivity index (χ0n) is 10.2. The normalized spacial score (nSPS) is 22.4. The van der Waals surface area contributed by atoms with E-state index in [0.717, 1.165) is 0 Å². The molecule has 0 radical (unpaired) electrons. The number of nitrogens with zero attached hydrogens (tertiary/aromatic N) is 2. The maximum atomic E-state index is 12.3. The van der Waals surface area contributed by atoms with Crippen LogP contribution in [0.5, 0.6) is 0 Å². The molecule has 1 N–H and O–H groups in total. The summed E-state index contributed by atoms with van der Waals surface area (Å²) in [7, 11) is 1.24. The smallest absolute Gasteiger partial charge is 0.328 e. The molecule has 0 aliphatic carbocycles. The highest BCUT2D eigenvalue weighted by molar-refractivity contribution is 6.30. The molecule has 1 aromatic rings. The summed E-state index contributed by atoms with van der Waals surface area (Å²) >= 11 is 5.80. The molecule has 1 aromatic heterocycles. The van der Waals surface area contributed by atoms with Gasteiger partial charge in [0.2, 0.25) is 0 Å². The SMILES string of the molecule is COC(=O)C1CC(O)CN1C(=O)c1cc(Cl)ccn1. The first-order valence-electron chi connectivity index (χ1n) is 5.71. The highest BCUT2D eigenvalue weighted by Gasteiger charge is 2.40. The molecular weight excluding hydrogens is 272 g/mol. The molecule has 6 nitrogen and oxygen atoms in total. The van der Waals surface area contributed by atoms with Crippen molar-refractivity contribution in [3.63, 3.8) is 0 Å². The van der Waals surface area contributed by atoms with E-state index in [4.69, 9.17) is 11.6 Å². The minimum Gasteiger partial charge on any atom is -0.467 e. The first-order chi connectivity index (χ1) is 9.02. The Balaban J connectivity index is 2.24. The molecule has 2 unspecified atom stereocenters. The van der Waals surface area contributed by atoms with Crippen molar-refractivity contribution in [2.45, 2.75) is 18.6 Å². The van der Waals surface area contributed by atoms with Crippen LogP contribution in [-0.4, -0.2) is 52.7 Å². The second kappa shape index (κ2) is 5.54. The van der Waals surface area contributed by atoms with Gasteiger partial charge in [0.15, 0.2) is 0 Å². The third-order valence-electron chi connectivity index (χ3n) is 2.95. The Hall–Kier alpha value is -1.66. The number of β-amino-alcohol motifs (C(OH)–C–C–N with tert-alkyl or cyclic N) is 1. The lowest BCUT2D eigenvalue weighted by atomic mass is 10.2. The Morgan fingerprint density at radius 2 is 2.32 bits per heavy atom. The molecule has 19 heavy (non-hydrogen) atoms. The van der Waals surface area contributed by atoms with E-state index in [2.05, 4.69) is 9.72 Å². The minimum absolute atomic E-state index is 0.0762. The van der Waals surface area contributed by atoms with Gasteiger partial charge in [-0.05, 0) is 12.1 Å². The molecular formula is C12H13ClN2O4. The van der Waals surface area contributed by atoms with Gasteiger partial charge in [-0.1, -0.05) is 11.6 Å². The van der Waals surface area contributed by atoms with Crippen LogP contribution in [0.4, 0.5) is 0 Å². The van der Waals surface area contributed by atoms with Crippen LogP contribution in [0, 0.1) is 0 Å². The fraction of sp³-hybridized carbons (Fsp3) is 0.417. The number of aliphatic hydroxyl groups is 1. The van der Waals surface area contributed by atoms with Crippen molar-refractivity contribution in [3.8, 4) is 0 Å². The van der Waals surface area contributed by atoms with Crippen molar-refractivity contribution in [1.82, 2.24) is 9.88 Å². The van der Waals surface area contributed by atoms with Gasteiger partial charge in [-0.15, -0.1) is 0 Å². The molecule has 0 saturated carbocycles. The van der Waals surface area contributed by atoms with E-state index in [1.165, 1.54) is 24.3 Å². The second-order valence-corrected chi connectivity index (χ2v) is 4.68. The molecule has 1 aliphatic heterocycles. The second-order valence-electron chi connectivity index (χ2n) is 4.25. The Morgan fingerprint density at radius 1 is 1.58 bits per heavy atom. The summed E-state index contributed by atoms with van der Waals surface area (Å²) in [6.07, 6.45) is 0.834. The predicted octanol–water partition coefficient (Wildman–Crippen LogP) is 0.483. The van der Waals surface area contributed by atoms with Crippen molar-refractivity contribution in [2.24, 2.45) is 0 Å². The monoisotopic (exact) mass is 284 g/mol. The van der Waals surface area contributed by atoms with E-state index in [1.807, 2.05) is 0 Å². The van der Waals surface area contributed by atoms with Crippen LogP contribution in [0.15, 0.2) is 18.3 Å². The van der Waals surface area contributed by atoms with Crippen LogP contribution in [0.2, 0.25) is 5.02 Å². The average Bonchev–Trinajstić information content (AvgIpc) is 2.79. The Labute approximate surface area is 114 Å². The molecule has 2 heterocycles. The summed E-state index contributed by atoms with van der Waals surface area (Å²) in [5, 5.41) is 10.00. The number of aromatic nitrogens is 1. The van der Waals surface area contributed by atoms with Crippen LogP contribution in [0.25, 0.3) is 0 Å². The van der Waals surface area contributed by atoms with Gasteiger partial charge >= 0.3 is 5.97 Å². The largest absolute Gasteiger partial charge is 0.467 e. The first kappa shape index (κ1) is 13.8. The summed E-state index contributed by atoms with van der Waals surface area (Å²) < 4.78 is 4.63. The number of hydrogen-bond donors (Lipinski definition) is 1. The number of carbonyl (C=O) groups excluding carboxylic acids is 2. The lowest BCUT2D eigenvalue weighted by Crippen LogP contribution is -2.41. The van der Waals surface area contributed by atoms with Crippen LogP contribution in [-0.2, 0) is 9.53 Å². The molecule has 0 aromatic carbocycles. The summed E-state index contributed by atoms with van der Waals surface area (Å²) in [5.74, 6) is -0.999. The Kier molecular flexibility index (Phi) is 4.01. The van der Waals surface area contributed by atoms with Crippen LogP contribution in [0.3, 0.4) is 0 Å². The number of hydrogen-bond acceptors (Lipinski definition) is 5. The van der Waals surface area contributed by atoms with Gasteiger partial charge in [-0.2, -0.15) is 0 Å². The lowest BCUT2D eigenvalue weighted by Gasteiger charge is -2.21. The highest BCUT2D eigenvalue weighted by atomic mass is 35.5. The molecule has 7 heteroatoms. The van der Waals surface area contributed by atoms with Gasteiger partial charge in [0, 0.05) is 24.2 Å². The maximum absolute atomic E-state index is 12.3. The average molecular weight is 285 g/mol. The van der Waals surface area contributed by atoms with E-state index in [0.29, 0.717) is 5.02 Å². The van der Waals surface area contributed by atoms with E-state index in [9.17, 15) is 14.7 Å². The zero-order chi connectivity index (χ0) is 14.0. The fourth-order valence-electron chi connectivity index (χ4n) is 2.07. The highest BCUT2D eigenvalue weighted by Crippen LogP contribution is 2.22. The number of methoxy groups -OCH3 is 1. The van der Waals surface area contributed by atoms with Crippen molar-refractivity contribution >= 4 is 23.5 Å². The molecule has 2 rings (SSSR count). The van der Waals surface area contributed by atoms with Gasteiger partial charge in [0.05, 0.1) is 13.2 Å². The number of aliphatic hydroxyl groups excluding tert-OH is 1. The molecule has 1 aliphatic rings. The molecule has 1 saturated heterocycles. The number of rotatable bonds is 2. The van der Waals surface area contributed by atoms with Crippen molar-refractivity contribution < 1.29 is 19.4 Å². The molecule has 2 atom stereocenters. The van der Waals surface area contributed by atoms with Crippen LogP contribution >= 0.6 is 11.6 Å². The van der Waals surface area contributed by atoms with E-state index in [1.54, 1.807) is 6.07 Å². The molecule has 0 spiro atoms. The fourth-order valence-corrected chi connectivity index (χ4v) is 2.23. The van der Waals surface area contributed by atoms with Crippen LogP contribution < -0.4 is 0 Å². The van der Waals surface area contributed by atoms with Gasteiger partial charge < -0.3 is 14.7 Å². The number of pyridine rings is 1. The molecule has 0 bridgehead atoms. The number of carbonyl (C=O) groups is 2. The number of esters is 1. The molecule has 1 amide bonds. The Bertz CT molecular complexity index is 508. The van der Waals surface area contributed by atoms with Gasteiger partial charge in [0.25, 0.3) is 5.91 Å². The topological polar surface area (TPSA) is 79.7 Å². The van der Waals surface area contributed by atoms with Crippen molar-refractivity contribution in [1.29, 1.82) is 0 Å². The van der Waals surface area contributed by atoms with Crippen molar-refractivity contribution in [3.05, 3.63) is 29.0 Å². The lowest BCUT2D eigenvalue weighted by molar-refractivity contribution is -0.145. The maximum Gasteiger partial charge on any atom is 0.328 e. The summed E-state index contributed by atoms with van der Waals surface area (Å²) in [6.45, 7) is 0.0762. The van der Waals surface area contributed by atoms with Gasteiger partial charge in [-0.25, -0.2) is 4.79 Å². The predicted molar refractivity (Wildman–Crippen MR) is 66.7 cm³/mol. The Morgan fingerprint density at radius 3 is 2.95 bits per heavy atom. The number of likely N-dealkylation sites (tertiary alicyclic amines) is 1. The quantitative estimate of drug-likeness (QED) is 0.799. The van der Waals surface area contributed by atoms with E-state index in [-0.39, 0.29) is 18.7 Å². The standard InChI is InChI=1S/C12H13ClN2O4/c1-19-12(18)10-5-8(16)6-15(10)11(17)9-4-7(13)2-3-14-9/h2-4,8,10,16H,5-6H2,1H3. The number of halogens is 1. The van der Waals surface area contributed by atoms with Crippen LogP contribution in [0.1, 0.15) is 16.9 Å². The summed E-state index contributed by atoms with van der Waals surface area (Å²) in [4.78, 5) is 29.0. The summed E-state index contributed by atoms with van der Waals surface area (Å²) in [6, 6.07) is 2.19. The van der Waals surface area contributed by atoms with Gasteiger partial charge in [0.1, 0.15) is 11.7 Å². The molecule has 102 valence electrons. The summed E-state index contributed by atoms with van der Waals surface area (Å²) in [5.41, 5.74) is 0.135. The van der Waals surface area contributed by atoms with Crippen molar-refractivity contribution in [2.75, 3.05) is 13.7 Å². The van der Waals surface area contributed by atoms with Gasteiger partial charge in [-0.3, -0.25) is 9.78 Å². The number of ether oxygens (including phenoxy) is 1. The third-order valence-corrected chi connectivity index (χ3v) is 3.19.